The average Bonchev–Trinajstić information content (AvgIpc) is 2.04. The standard InChI is InChI=1S/C8H15NO2/c1-7-4-9-2-3-10-5-8(9)6-11-7/h7-8H,2-6H2,1H3/t7?,8-/m0/s1. The van der Waals surface area contributed by atoms with Crippen LogP contribution >= 0.6 is 0 Å². The quantitative estimate of drug-likeness (QED) is 0.498. The highest BCUT2D eigenvalue weighted by atomic mass is 16.5. The maximum absolute atomic E-state index is 5.53. The summed E-state index contributed by atoms with van der Waals surface area (Å²) in [4.78, 5) is 2.47. The fourth-order valence-electron chi connectivity index (χ4n) is 1.74. The van der Waals surface area contributed by atoms with Crippen molar-refractivity contribution in [3.63, 3.8) is 0 Å². The van der Waals surface area contributed by atoms with Gasteiger partial charge in [0.2, 0.25) is 0 Å². The number of hydrogen-bond donors (Lipinski definition) is 0. The molecule has 0 aliphatic carbocycles. The molecule has 0 saturated carbocycles. The molecule has 0 N–H and O–H groups in total. The fraction of sp³-hybridized carbons (Fsp3) is 1.00. The second-order valence-electron chi connectivity index (χ2n) is 3.37. The van der Waals surface area contributed by atoms with Crippen LogP contribution in [0.1, 0.15) is 6.92 Å². The zero-order chi connectivity index (χ0) is 7.68. The highest BCUT2D eigenvalue weighted by Gasteiger charge is 2.28. The second-order valence-corrected chi connectivity index (χ2v) is 3.37. The van der Waals surface area contributed by atoms with Crippen molar-refractivity contribution in [1.29, 1.82) is 0 Å². The minimum Gasteiger partial charge on any atom is -0.378 e. The predicted molar refractivity (Wildman–Crippen MR) is 41.6 cm³/mol. The van der Waals surface area contributed by atoms with Crippen LogP contribution in [0.4, 0.5) is 0 Å². The Bertz CT molecular complexity index is 140. The van der Waals surface area contributed by atoms with Gasteiger partial charge in [-0.05, 0) is 6.92 Å². The van der Waals surface area contributed by atoms with E-state index in [0.29, 0.717) is 12.1 Å². The summed E-state index contributed by atoms with van der Waals surface area (Å²) in [5.41, 5.74) is 0. The molecule has 0 spiro atoms. The van der Waals surface area contributed by atoms with E-state index < -0.39 is 0 Å². The topological polar surface area (TPSA) is 21.7 Å². The molecule has 2 aliphatic heterocycles. The molecule has 0 bridgehead atoms. The lowest BCUT2D eigenvalue weighted by atomic mass is 10.2. The third-order valence-corrected chi connectivity index (χ3v) is 2.41. The van der Waals surface area contributed by atoms with Crippen LogP contribution in [0.3, 0.4) is 0 Å². The summed E-state index contributed by atoms with van der Waals surface area (Å²) in [7, 11) is 0. The number of fused-ring (bicyclic) bond motifs is 1. The minimum absolute atomic E-state index is 0.407. The van der Waals surface area contributed by atoms with Gasteiger partial charge in [0.1, 0.15) is 0 Å². The SMILES string of the molecule is CC1CN2CCOC[C@H]2CO1. The van der Waals surface area contributed by atoms with Gasteiger partial charge in [-0.2, -0.15) is 0 Å². The van der Waals surface area contributed by atoms with Crippen molar-refractivity contribution < 1.29 is 9.47 Å². The van der Waals surface area contributed by atoms with Gasteiger partial charge in [-0.25, -0.2) is 0 Å². The summed E-state index contributed by atoms with van der Waals surface area (Å²) in [5.74, 6) is 0. The lowest BCUT2D eigenvalue weighted by Crippen LogP contribution is -2.54. The van der Waals surface area contributed by atoms with Gasteiger partial charge in [-0.1, -0.05) is 0 Å². The minimum atomic E-state index is 0.407. The third kappa shape index (κ3) is 1.55. The number of ether oxygens (including phenoxy) is 2. The van der Waals surface area contributed by atoms with E-state index in [1.165, 1.54) is 0 Å². The second kappa shape index (κ2) is 3.09. The Labute approximate surface area is 67.3 Å². The molecular weight excluding hydrogens is 142 g/mol. The predicted octanol–water partition coefficient (Wildman–Crippen LogP) is 0.106. The van der Waals surface area contributed by atoms with Gasteiger partial charge in [0, 0.05) is 13.1 Å². The Kier molecular flexibility index (Phi) is 2.11. The molecule has 2 fully saturated rings. The Morgan fingerprint density at radius 3 is 3.18 bits per heavy atom. The van der Waals surface area contributed by atoms with Gasteiger partial charge in [0.15, 0.2) is 0 Å². The van der Waals surface area contributed by atoms with Crippen molar-refractivity contribution in [3.8, 4) is 0 Å². The van der Waals surface area contributed by atoms with Crippen molar-refractivity contribution >= 4 is 0 Å². The van der Waals surface area contributed by atoms with Gasteiger partial charge in [-0.3, -0.25) is 4.90 Å². The van der Waals surface area contributed by atoms with Crippen molar-refractivity contribution in [2.24, 2.45) is 0 Å². The lowest BCUT2D eigenvalue weighted by molar-refractivity contribution is -0.110. The molecule has 0 aromatic heterocycles. The third-order valence-electron chi connectivity index (χ3n) is 2.41. The van der Waals surface area contributed by atoms with E-state index in [4.69, 9.17) is 9.47 Å². The van der Waals surface area contributed by atoms with Gasteiger partial charge in [0.25, 0.3) is 0 Å². The molecule has 11 heavy (non-hydrogen) atoms. The molecule has 3 nitrogen and oxygen atoms in total. The molecule has 2 saturated heterocycles. The normalized spacial score (nSPS) is 40.1. The fourth-order valence-corrected chi connectivity index (χ4v) is 1.74. The van der Waals surface area contributed by atoms with Crippen molar-refractivity contribution in [1.82, 2.24) is 4.90 Å². The van der Waals surface area contributed by atoms with Gasteiger partial charge in [-0.15, -0.1) is 0 Å². The number of rotatable bonds is 0. The highest BCUT2D eigenvalue weighted by molar-refractivity contribution is 4.80. The Hall–Kier alpha value is -0.120. The zero-order valence-electron chi connectivity index (χ0n) is 6.95. The average molecular weight is 157 g/mol. The molecule has 64 valence electrons. The van der Waals surface area contributed by atoms with E-state index in [2.05, 4.69) is 11.8 Å². The molecule has 2 atom stereocenters. The molecule has 0 aromatic rings. The molecule has 2 heterocycles. The first-order valence-electron chi connectivity index (χ1n) is 4.29. The first kappa shape index (κ1) is 7.53. The van der Waals surface area contributed by atoms with E-state index >= 15 is 0 Å². The van der Waals surface area contributed by atoms with Crippen LogP contribution in [-0.2, 0) is 9.47 Å². The van der Waals surface area contributed by atoms with Gasteiger partial charge in [0.05, 0.1) is 32.0 Å². The number of hydrogen-bond acceptors (Lipinski definition) is 3. The van der Waals surface area contributed by atoms with Crippen molar-refractivity contribution in [2.45, 2.75) is 19.1 Å². The van der Waals surface area contributed by atoms with Gasteiger partial charge < -0.3 is 9.47 Å². The van der Waals surface area contributed by atoms with Crippen LogP contribution in [-0.4, -0.2) is 50.0 Å². The molecule has 0 radical (unpaired) electrons. The summed E-state index contributed by atoms with van der Waals surface area (Å²) >= 11 is 0. The summed E-state index contributed by atoms with van der Waals surface area (Å²) in [6.45, 7) is 6.88. The van der Waals surface area contributed by atoms with Crippen molar-refractivity contribution in [2.75, 3.05) is 32.9 Å². The van der Waals surface area contributed by atoms with Gasteiger partial charge >= 0.3 is 0 Å². The van der Waals surface area contributed by atoms with Crippen LogP contribution in [0.2, 0.25) is 0 Å². The smallest absolute Gasteiger partial charge is 0.0674 e. The molecular formula is C8H15NO2. The monoisotopic (exact) mass is 157 g/mol. The largest absolute Gasteiger partial charge is 0.378 e. The molecule has 0 amide bonds. The molecule has 3 heteroatoms. The molecule has 1 unspecified atom stereocenters. The van der Waals surface area contributed by atoms with E-state index in [-0.39, 0.29) is 0 Å². The summed E-state index contributed by atoms with van der Waals surface area (Å²) in [6.07, 6.45) is 0.407. The highest BCUT2D eigenvalue weighted by Crippen LogP contribution is 2.14. The van der Waals surface area contributed by atoms with E-state index in [1.807, 2.05) is 0 Å². The molecule has 2 aliphatic rings. The molecule has 0 aromatic carbocycles. The summed E-state index contributed by atoms with van der Waals surface area (Å²) in [5, 5.41) is 0. The maximum Gasteiger partial charge on any atom is 0.0674 e. The Morgan fingerprint density at radius 2 is 2.27 bits per heavy atom. The zero-order valence-corrected chi connectivity index (χ0v) is 6.95. The summed E-state index contributed by atoms with van der Waals surface area (Å²) in [6, 6.07) is 0.528. The first-order chi connectivity index (χ1) is 5.36. The van der Waals surface area contributed by atoms with Crippen LogP contribution in [0.25, 0.3) is 0 Å². The van der Waals surface area contributed by atoms with E-state index in [1.54, 1.807) is 0 Å². The van der Waals surface area contributed by atoms with Crippen LogP contribution in [0, 0.1) is 0 Å². The van der Waals surface area contributed by atoms with E-state index in [9.17, 15) is 0 Å². The van der Waals surface area contributed by atoms with E-state index in [0.717, 1.165) is 32.9 Å². The van der Waals surface area contributed by atoms with Crippen LogP contribution in [0.5, 0.6) is 0 Å². The number of nitrogens with zero attached hydrogens (tertiary/aromatic N) is 1. The lowest BCUT2D eigenvalue weighted by Gasteiger charge is -2.41. The van der Waals surface area contributed by atoms with Crippen LogP contribution in [0.15, 0.2) is 0 Å². The van der Waals surface area contributed by atoms with Crippen LogP contribution < -0.4 is 0 Å². The summed E-state index contributed by atoms with van der Waals surface area (Å²) < 4.78 is 10.9. The maximum atomic E-state index is 5.53. The van der Waals surface area contributed by atoms with Crippen molar-refractivity contribution in [3.05, 3.63) is 0 Å². The molecule has 2 rings (SSSR count). The Morgan fingerprint density at radius 1 is 1.36 bits per heavy atom. The first-order valence-corrected chi connectivity index (χ1v) is 4.29. The number of morpholine rings is 2. The Balaban J connectivity index is 1.93.